The average molecular weight is 395 g/mol. The summed E-state index contributed by atoms with van der Waals surface area (Å²) in [5.74, 6) is 0.498. The number of aliphatic hydroxyl groups excluding tert-OH is 1. The normalized spacial score (nSPS) is 19.1. The Bertz CT molecular complexity index is 805. The van der Waals surface area contributed by atoms with Crippen LogP contribution < -0.4 is 5.32 Å². The van der Waals surface area contributed by atoms with Crippen molar-refractivity contribution in [1.29, 1.82) is 0 Å². The Labute approximate surface area is 172 Å². The Hall–Kier alpha value is -2.37. The van der Waals surface area contributed by atoms with Gasteiger partial charge in [0.1, 0.15) is 11.9 Å². The smallest absolute Gasteiger partial charge is 0.220 e. The highest BCUT2D eigenvalue weighted by molar-refractivity contribution is 5.77. The number of carbonyl (C=O) groups excluding carboxylic acids is 1. The number of phenols is 1. The first kappa shape index (κ1) is 19.9. The molecule has 1 heterocycles. The van der Waals surface area contributed by atoms with Crippen LogP contribution in [0.1, 0.15) is 42.1 Å². The summed E-state index contributed by atoms with van der Waals surface area (Å²) in [6.45, 7) is 2.65. The predicted octanol–water partition coefficient (Wildman–Crippen LogP) is 2.81. The lowest BCUT2D eigenvalue weighted by atomic mass is 9.99. The third-order valence-corrected chi connectivity index (χ3v) is 6.23. The summed E-state index contributed by atoms with van der Waals surface area (Å²) in [5, 5.41) is 23.6. The van der Waals surface area contributed by atoms with Crippen molar-refractivity contribution >= 4 is 5.91 Å². The third-order valence-electron chi connectivity index (χ3n) is 6.23. The molecule has 29 heavy (non-hydrogen) atoms. The number of aromatic hydroxyl groups is 1. The summed E-state index contributed by atoms with van der Waals surface area (Å²) >= 11 is 0. The molecule has 0 spiro atoms. The summed E-state index contributed by atoms with van der Waals surface area (Å²) in [6, 6.07) is 14.6. The molecule has 0 bridgehead atoms. The van der Waals surface area contributed by atoms with Crippen LogP contribution in [0.15, 0.2) is 48.5 Å². The fourth-order valence-electron chi connectivity index (χ4n) is 4.69. The Kier molecular flexibility index (Phi) is 6.16. The number of phenolic OH excluding ortho intramolecular Hbond substituents is 1. The van der Waals surface area contributed by atoms with Crippen molar-refractivity contribution in [2.45, 2.75) is 44.2 Å². The van der Waals surface area contributed by atoms with Crippen LogP contribution in [0.3, 0.4) is 0 Å². The SMILES string of the molecule is O=C(CC1Cc2ccccc2C1)N[C@H](CN1CCCC1)[C@H](O)c1ccc(O)cc1. The largest absolute Gasteiger partial charge is 0.508 e. The van der Waals surface area contributed by atoms with Crippen LogP contribution in [0, 0.1) is 5.92 Å². The number of rotatable bonds is 7. The Morgan fingerprint density at radius 3 is 2.28 bits per heavy atom. The van der Waals surface area contributed by atoms with E-state index in [-0.39, 0.29) is 17.7 Å². The molecule has 5 heteroatoms. The topological polar surface area (TPSA) is 72.8 Å². The molecule has 2 aliphatic rings. The molecule has 1 aliphatic heterocycles. The summed E-state index contributed by atoms with van der Waals surface area (Å²) in [7, 11) is 0. The van der Waals surface area contributed by atoms with Crippen LogP contribution in [0.4, 0.5) is 0 Å². The minimum atomic E-state index is -0.805. The molecule has 5 nitrogen and oxygen atoms in total. The molecule has 0 radical (unpaired) electrons. The van der Waals surface area contributed by atoms with Gasteiger partial charge in [0.15, 0.2) is 0 Å². The lowest BCUT2D eigenvalue weighted by Gasteiger charge is -2.29. The number of nitrogens with zero attached hydrogens (tertiary/aromatic N) is 1. The minimum Gasteiger partial charge on any atom is -0.508 e. The first-order valence-electron chi connectivity index (χ1n) is 10.6. The molecule has 2 aromatic carbocycles. The van der Waals surface area contributed by atoms with Gasteiger partial charge in [-0.3, -0.25) is 4.79 Å². The summed E-state index contributed by atoms with van der Waals surface area (Å²) < 4.78 is 0. The van der Waals surface area contributed by atoms with E-state index >= 15 is 0 Å². The molecule has 2 atom stereocenters. The molecule has 1 saturated heterocycles. The van der Waals surface area contributed by atoms with Gasteiger partial charge in [0.25, 0.3) is 0 Å². The maximum atomic E-state index is 12.8. The monoisotopic (exact) mass is 394 g/mol. The Morgan fingerprint density at radius 2 is 1.66 bits per heavy atom. The van der Waals surface area contributed by atoms with Gasteiger partial charge >= 0.3 is 0 Å². The first-order chi connectivity index (χ1) is 14.1. The molecule has 0 saturated carbocycles. The number of hydrogen-bond acceptors (Lipinski definition) is 4. The van der Waals surface area contributed by atoms with Crippen LogP contribution in [0.5, 0.6) is 5.75 Å². The average Bonchev–Trinajstić information content (AvgIpc) is 3.36. The molecule has 3 N–H and O–H groups in total. The Morgan fingerprint density at radius 1 is 1.03 bits per heavy atom. The third kappa shape index (κ3) is 4.98. The highest BCUT2D eigenvalue weighted by Crippen LogP contribution is 2.29. The number of amides is 1. The molecule has 0 aromatic heterocycles. The second-order valence-corrected chi connectivity index (χ2v) is 8.47. The molecular weight excluding hydrogens is 364 g/mol. The van der Waals surface area contributed by atoms with Crippen LogP contribution in [-0.4, -0.2) is 46.7 Å². The van der Waals surface area contributed by atoms with Gasteiger partial charge in [-0.25, -0.2) is 0 Å². The van der Waals surface area contributed by atoms with Gasteiger partial charge in [-0.1, -0.05) is 36.4 Å². The number of carbonyl (C=O) groups is 1. The summed E-state index contributed by atoms with van der Waals surface area (Å²) in [6.07, 6.45) is 3.89. The first-order valence-corrected chi connectivity index (χ1v) is 10.6. The van der Waals surface area contributed by atoms with E-state index in [4.69, 9.17) is 0 Å². The lowest BCUT2D eigenvalue weighted by Crippen LogP contribution is -2.47. The molecular formula is C24H30N2O3. The van der Waals surface area contributed by atoms with Crippen molar-refractivity contribution < 1.29 is 15.0 Å². The predicted molar refractivity (Wildman–Crippen MR) is 113 cm³/mol. The number of fused-ring (bicyclic) bond motifs is 1. The van der Waals surface area contributed by atoms with Gasteiger partial charge in [0.05, 0.1) is 6.04 Å². The van der Waals surface area contributed by atoms with Crippen molar-refractivity contribution in [2.75, 3.05) is 19.6 Å². The van der Waals surface area contributed by atoms with E-state index in [9.17, 15) is 15.0 Å². The minimum absolute atomic E-state index is 0.00447. The zero-order valence-corrected chi connectivity index (χ0v) is 16.8. The number of hydrogen-bond donors (Lipinski definition) is 3. The van der Waals surface area contributed by atoms with Gasteiger partial charge in [0.2, 0.25) is 5.91 Å². The Balaban J connectivity index is 1.40. The second-order valence-electron chi connectivity index (χ2n) is 8.47. The molecule has 4 rings (SSSR count). The quantitative estimate of drug-likeness (QED) is 0.675. The highest BCUT2D eigenvalue weighted by atomic mass is 16.3. The molecule has 0 unspecified atom stereocenters. The zero-order chi connectivity index (χ0) is 20.2. The van der Waals surface area contributed by atoms with Crippen molar-refractivity contribution in [3.63, 3.8) is 0 Å². The molecule has 1 amide bonds. The van der Waals surface area contributed by atoms with E-state index in [1.807, 2.05) is 0 Å². The van der Waals surface area contributed by atoms with Crippen molar-refractivity contribution in [3.05, 3.63) is 65.2 Å². The van der Waals surface area contributed by atoms with Crippen molar-refractivity contribution in [3.8, 4) is 5.75 Å². The van der Waals surface area contributed by atoms with Gasteiger partial charge < -0.3 is 20.4 Å². The number of aliphatic hydroxyl groups is 1. The van der Waals surface area contributed by atoms with Crippen LogP contribution in [0.25, 0.3) is 0 Å². The molecule has 154 valence electrons. The molecule has 1 aliphatic carbocycles. The van der Waals surface area contributed by atoms with Gasteiger partial charge in [-0.2, -0.15) is 0 Å². The summed E-state index contributed by atoms with van der Waals surface area (Å²) in [5.41, 5.74) is 3.41. The van der Waals surface area contributed by atoms with E-state index in [1.54, 1.807) is 24.3 Å². The standard InChI is InChI=1S/C24H30N2O3/c27-21-9-7-18(8-10-21)24(29)22(16-26-11-3-4-12-26)25-23(28)15-17-13-19-5-1-2-6-20(19)14-17/h1-2,5-10,17,22,24,27,29H,3-4,11-16H2,(H,25,28)/t22-,24-/m1/s1. The number of benzene rings is 2. The van der Waals surface area contributed by atoms with Crippen molar-refractivity contribution in [2.24, 2.45) is 5.92 Å². The van der Waals surface area contributed by atoms with E-state index in [1.165, 1.54) is 11.1 Å². The fourth-order valence-corrected chi connectivity index (χ4v) is 4.69. The van der Waals surface area contributed by atoms with E-state index in [0.29, 0.717) is 24.4 Å². The van der Waals surface area contributed by atoms with Crippen LogP contribution >= 0.6 is 0 Å². The number of nitrogens with one attached hydrogen (secondary N) is 1. The maximum absolute atomic E-state index is 12.8. The zero-order valence-electron chi connectivity index (χ0n) is 16.8. The molecule has 1 fully saturated rings. The highest BCUT2D eigenvalue weighted by Gasteiger charge is 2.29. The lowest BCUT2D eigenvalue weighted by molar-refractivity contribution is -0.123. The van der Waals surface area contributed by atoms with E-state index in [2.05, 4.69) is 34.5 Å². The number of likely N-dealkylation sites (tertiary alicyclic amines) is 1. The van der Waals surface area contributed by atoms with Crippen LogP contribution in [0.2, 0.25) is 0 Å². The maximum Gasteiger partial charge on any atom is 0.220 e. The van der Waals surface area contributed by atoms with Gasteiger partial charge in [0, 0.05) is 13.0 Å². The second kappa shape index (κ2) is 8.97. The molecule has 2 aromatic rings. The summed E-state index contributed by atoms with van der Waals surface area (Å²) in [4.78, 5) is 15.1. The van der Waals surface area contributed by atoms with Crippen molar-refractivity contribution in [1.82, 2.24) is 10.2 Å². The van der Waals surface area contributed by atoms with E-state index in [0.717, 1.165) is 38.8 Å². The van der Waals surface area contributed by atoms with Gasteiger partial charge in [-0.15, -0.1) is 0 Å². The van der Waals surface area contributed by atoms with Crippen LogP contribution in [-0.2, 0) is 17.6 Å². The van der Waals surface area contributed by atoms with Gasteiger partial charge in [-0.05, 0) is 73.5 Å². The fraction of sp³-hybridized carbons (Fsp3) is 0.458. The van der Waals surface area contributed by atoms with E-state index < -0.39 is 6.10 Å².